The second-order valence-electron chi connectivity index (χ2n) is 5.82. The largest absolute Gasteiger partial charge is 0.329 e. The zero-order valence-electron chi connectivity index (χ0n) is 12.0. The van der Waals surface area contributed by atoms with Crippen LogP contribution in [0.5, 0.6) is 0 Å². The molecular formula is C16H20N2O2. The maximum Gasteiger partial charge on any atom is 0.246 e. The minimum Gasteiger partial charge on any atom is -0.329 e. The molecule has 1 aromatic carbocycles. The smallest absolute Gasteiger partial charge is 0.246 e. The number of benzene rings is 1. The molecule has 1 aromatic rings. The molecule has 0 N–H and O–H groups in total. The number of hydrogen-bond acceptors (Lipinski definition) is 2. The van der Waals surface area contributed by atoms with Gasteiger partial charge in [0.25, 0.3) is 0 Å². The molecule has 0 spiro atoms. The highest BCUT2D eigenvalue weighted by Gasteiger charge is 2.45. The Kier molecular flexibility index (Phi) is 3.24. The van der Waals surface area contributed by atoms with Gasteiger partial charge in [-0.2, -0.15) is 0 Å². The monoisotopic (exact) mass is 272 g/mol. The van der Waals surface area contributed by atoms with Crippen LogP contribution in [0.3, 0.4) is 0 Å². The van der Waals surface area contributed by atoms with Gasteiger partial charge in [-0.05, 0) is 32.3 Å². The Labute approximate surface area is 119 Å². The molecule has 4 nitrogen and oxygen atoms in total. The molecule has 0 bridgehead atoms. The summed E-state index contributed by atoms with van der Waals surface area (Å²) < 4.78 is 0. The first-order valence-electron chi connectivity index (χ1n) is 7.24. The quantitative estimate of drug-likeness (QED) is 0.822. The number of rotatable bonds is 2. The topological polar surface area (TPSA) is 40.6 Å². The van der Waals surface area contributed by atoms with Crippen molar-refractivity contribution < 1.29 is 9.59 Å². The van der Waals surface area contributed by atoms with Crippen molar-refractivity contribution in [3.05, 3.63) is 35.4 Å². The lowest BCUT2D eigenvalue weighted by Gasteiger charge is -2.41. The molecule has 2 fully saturated rings. The van der Waals surface area contributed by atoms with Crippen LogP contribution in [0.4, 0.5) is 0 Å². The van der Waals surface area contributed by atoms with E-state index in [4.69, 9.17) is 0 Å². The third-order valence-corrected chi connectivity index (χ3v) is 4.36. The minimum absolute atomic E-state index is 0.0970. The lowest BCUT2D eigenvalue weighted by molar-refractivity contribution is -0.159. The van der Waals surface area contributed by atoms with Crippen molar-refractivity contribution in [3.63, 3.8) is 0 Å². The van der Waals surface area contributed by atoms with Gasteiger partial charge in [-0.25, -0.2) is 0 Å². The van der Waals surface area contributed by atoms with E-state index in [2.05, 4.69) is 6.07 Å². The van der Waals surface area contributed by atoms with E-state index in [1.165, 1.54) is 5.56 Å². The Morgan fingerprint density at radius 1 is 1.25 bits per heavy atom. The number of hydrogen-bond donors (Lipinski definition) is 0. The number of carbonyl (C=O) groups is 2. The van der Waals surface area contributed by atoms with E-state index in [0.29, 0.717) is 6.54 Å². The van der Waals surface area contributed by atoms with Gasteiger partial charge in [0.2, 0.25) is 11.8 Å². The molecule has 2 saturated heterocycles. The van der Waals surface area contributed by atoms with Gasteiger partial charge in [-0.15, -0.1) is 0 Å². The van der Waals surface area contributed by atoms with E-state index in [9.17, 15) is 9.59 Å². The van der Waals surface area contributed by atoms with E-state index < -0.39 is 0 Å². The summed E-state index contributed by atoms with van der Waals surface area (Å²) in [5.74, 6) is 0.204. The van der Waals surface area contributed by atoms with Crippen LogP contribution >= 0.6 is 0 Å². The van der Waals surface area contributed by atoms with Crippen molar-refractivity contribution in [1.82, 2.24) is 9.80 Å². The Morgan fingerprint density at radius 2 is 2.05 bits per heavy atom. The summed E-state index contributed by atoms with van der Waals surface area (Å²) in [6.45, 7) is 5.13. The van der Waals surface area contributed by atoms with Gasteiger partial charge in [0, 0.05) is 13.1 Å². The molecule has 3 rings (SSSR count). The first kappa shape index (κ1) is 13.2. The fraction of sp³-hybridized carbons (Fsp3) is 0.500. The van der Waals surface area contributed by atoms with Gasteiger partial charge >= 0.3 is 0 Å². The molecule has 106 valence electrons. The Balaban J connectivity index is 1.84. The molecule has 20 heavy (non-hydrogen) atoms. The first-order valence-corrected chi connectivity index (χ1v) is 7.24. The van der Waals surface area contributed by atoms with E-state index in [1.54, 1.807) is 9.80 Å². The van der Waals surface area contributed by atoms with E-state index in [-0.39, 0.29) is 23.9 Å². The third kappa shape index (κ3) is 2.09. The standard InChI is InChI=1S/C16H20N2O2/c1-11-5-3-6-13(9-11)10-18-12(2)15(19)17-8-4-7-14(17)16(18)20/h3,5-6,9,12,14H,4,7-8,10H2,1-2H3/t12-,14+/m0/s1. The average Bonchev–Trinajstić information content (AvgIpc) is 2.91. The molecule has 2 amide bonds. The second-order valence-corrected chi connectivity index (χ2v) is 5.82. The van der Waals surface area contributed by atoms with Gasteiger partial charge in [0.15, 0.2) is 0 Å². The average molecular weight is 272 g/mol. The first-order chi connectivity index (χ1) is 9.58. The highest BCUT2D eigenvalue weighted by atomic mass is 16.2. The van der Waals surface area contributed by atoms with Gasteiger partial charge in [-0.1, -0.05) is 29.8 Å². The van der Waals surface area contributed by atoms with Crippen LogP contribution < -0.4 is 0 Å². The zero-order valence-corrected chi connectivity index (χ0v) is 12.0. The number of aryl methyl sites for hydroxylation is 1. The summed E-state index contributed by atoms with van der Waals surface area (Å²) >= 11 is 0. The summed E-state index contributed by atoms with van der Waals surface area (Å²) in [7, 11) is 0. The van der Waals surface area contributed by atoms with Crippen molar-refractivity contribution in [2.75, 3.05) is 6.54 Å². The summed E-state index contributed by atoms with van der Waals surface area (Å²) in [5, 5.41) is 0. The molecule has 0 radical (unpaired) electrons. The lowest BCUT2D eigenvalue weighted by atomic mass is 10.0. The van der Waals surface area contributed by atoms with Gasteiger partial charge < -0.3 is 9.80 Å². The Hall–Kier alpha value is -1.84. The van der Waals surface area contributed by atoms with Crippen molar-refractivity contribution in [2.24, 2.45) is 0 Å². The van der Waals surface area contributed by atoms with E-state index in [1.807, 2.05) is 32.0 Å². The molecule has 0 aliphatic carbocycles. The molecule has 2 aliphatic rings. The number of carbonyl (C=O) groups excluding carboxylic acids is 2. The maximum atomic E-state index is 12.6. The predicted molar refractivity (Wildman–Crippen MR) is 75.9 cm³/mol. The van der Waals surface area contributed by atoms with Crippen LogP contribution in [0.15, 0.2) is 24.3 Å². The van der Waals surface area contributed by atoms with Crippen LogP contribution in [0, 0.1) is 6.92 Å². The number of fused-ring (bicyclic) bond motifs is 1. The van der Waals surface area contributed by atoms with E-state index in [0.717, 1.165) is 24.9 Å². The van der Waals surface area contributed by atoms with Crippen molar-refractivity contribution >= 4 is 11.8 Å². The van der Waals surface area contributed by atoms with Gasteiger partial charge in [0.1, 0.15) is 12.1 Å². The summed E-state index contributed by atoms with van der Waals surface area (Å²) in [6, 6.07) is 7.55. The zero-order chi connectivity index (χ0) is 14.3. The van der Waals surface area contributed by atoms with Crippen LogP contribution in [0.1, 0.15) is 30.9 Å². The normalized spacial score (nSPS) is 26.1. The number of nitrogens with zero attached hydrogens (tertiary/aromatic N) is 2. The highest BCUT2D eigenvalue weighted by Crippen LogP contribution is 2.27. The summed E-state index contributed by atoms with van der Waals surface area (Å²) in [4.78, 5) is 28.4. The molecule has 2 atom stereocenters. The van der Waals surface area contributed by atoms with Crippen LogP contribution in [0.2, 0.25) is 0 Å². The fourth-order valence-corrected chi connectivity index (χ4v) is 3.26. The van der Waals surface area contributed by atoms with Crippen LogP contribution in [-0.2, 0) is 16.1 Å². The summed E-state index contributed by atoms with van der Waals surface area (Å²) in [5.41, 5.74) is 2.26. The number of amides is 2. The molecule has 0 aromatic heterocycles. The van der Waals surface area contributed by atoms with Gasteiger partial charge in [0.05, 0.1) is 0 Å². The molecule has 0 saturated carbocycles. The lowest BCUT2D eigenvalue weighted by Crippen LogP contribution is -2.61. The Bertz CT molecular complexity index is 555. The minimum atomic E-state index is -0.350. The van der Waals surface area contributed by atoms with E-state index >= 15 is 0 Å². The predicted octanol–water partition coefficient (Wildman–Crippen LogP) is 1.72. The second kappa shape index (κ2) is 4.93. The summed E-state index contributed by atoms with van der Waals surface area (Å²) in [6.07, 6.45) is 1.74. The molecule has 2 aliphatic heterocycles. The van der Waals surface area contributed by atoms with Crippen molar-refractivity contribution in [1.29, 1.82) is 0 Å². The fourth-order valence-electron chi connectivity index (χ4n) is 3.26. The van der Waals surface area contributed by atoms with Crippen LogP contribution in [-0.4, -0.2) is 40.2 Å². The van der Waals surface area contributed by atoms with Crippen molar-refractivity contribution in [2.45, 2.75) is 45.3 Å². The highest BCUT2D eigenvalue weighted by molar-refractivity contribution is 5.97. The maximum absolute atomic E-state index is 12.6. The van der Waals surface area contributed by atoms with Crippen LogP contribution in [0.25, 0.3) is 0 Å². The van der Waals surface area contributed by atoms with Gasteiger partial charge in [-0.3, -0.25) is 9.59 Å². The number of piperazine rings is 1. The SMILES string of the molecule is Cc1cccc(CN2C(=O)[C@H]3CCCN3C(=O)[C@@H]2C)c1. The Morgan fingerprint density at radius 3 is 2.80 bits per heavy atom. The molecule has 2 heterocycles. The third-order valence-electron chi connectivity index (χ3n) is 4.36. The molecule has 4 heteroatoms. The van der Waals surface area contributed by atoms with Crippen molar-refractivity contribution in [3.8, 4) is 0 Å². The molecular weight excluding hydrogens is 252 g/mol. The molecule has 0 unspecified atom stereocenters.